The molecular weight excluding hydrogens is 424 g/mol. The third kappa shape index (κ3) is 4.52. The highest BCUT2D eigenvalue weighted by atomic mass is 16.4. The van der Waals surface area contributed by atoms with Crippen molar-refractivity contribution in [2.24, 2.45) is 0 Å². The Bertz CT molecular complexity index is 1420. The Balaban J connectivity index is 1.54. The molecule has 2 amide bonds. The van der Waals surface area contributed by atoms with Gasteiger partial charge in [0.2, 0.25) is 5.75 Å². The van der Waals surface area contributed by atoms with Gasteiger partial charge in [-0.05, 0) is 35.4 Å². The quantitative estimate of drug-likeness (QED) is 0.316. The number of anilines is 1. The molecule has 166 valence electrons. The first-order chi connectivity index (χ1) is 15.8. The highest BCUT2D eigenvalue weighted by molar-refractivity contribution is 5.92. The third-order valence-corrected chi connectivity index (χ3v) is 5.13. The number of carbonyl (C=O) groups is 2. The van der Waals surface area contributed by atoms with Crippen LogP contribution in [0.5, 0.6) is 5.75 Å². The van der Waals surface area contributed by atoms with Gasteiger partial charge in [0.25, 0.3) is 5.56 Å². The predicted molar refractivity (Wildman–Crippen MR) is 123 cm³/mol. The van der Waals surface area contributed by atoms with Crippen LogP contribution in [-0.4, -0.2) is 32.2 Å². The third-order valence-electron chi connectivity index (χ3n) is 5.13. The Morgan fingerprint density at radius 1 is 1.03 bits per heavy atom. The van der Waals surface area contributed by atoms with E-state index < -0.39 is 29.0 Å². The van der Waals surface area contributed by atoms with E-state index in [1.807, 2.05) is 49.4 Å². The average molecular weight is 444 g/mol. The van der Waals surface area contributed by atoms with Crippen molar-refractivity contribution in [3.05, 3.63) is 88.3 Å². The molecule has 0 spiro atoms. The van der Waals surface area contributed by atoms with E-state index in [1.54, 1.807) is 18.2 Å². The minimum atomic E-state index is -1.53. The van der Waals surface area contributed by atoms with Gasteiger partial charge in [-0.15, -0.1) is 0 Å². The van der Waals surface area contributed by atoms with Crippen molar-refractivity contribution in [2.45, 2.75) is 13.0 Å². The summed E-state index contributed by atoms with van der Waals surface area (Å²) in [4.78, 5) is 41.8. The first kappa shape index (κ1) is 21.6. The maximum atomic E-state index is 12.6. The van der Waals surface area contributed by atoms with E-state index in [4.69, 9.17) is 5.11 Å². The number of hydrogen-bond donors (Lipinski definition) is 5. The van der Waals surface area contributed by atoms with Gasteiger partial charge in [0.1, 0.15) is 5.82 Å². The number of hydrogen-bond acceptors (Lipinski definition) is 5. The Morgan fingerprint density at radius 2 is 1.76 bits per heavy atom. The van der Waals surface area contributed by atoms with Gasteiger partial charge >= 0.3 is 12.0 Å². The maximum absolute atomic E-state index is 12.6. The van der Waals surface area contributed by atoms with Crippen molar-refractivity contribution in [2.75, 3.05) is 5.32 Å². The number of H-pyrrole nitrogens is 1. The molecule has 33 heavy (non-hydrogen) atoms. The van der Waals surface area contributed by atoms with Crippen molar-refractivity contribution >= 4 is 28.5 Å². The number of carboxylic acid groups (broad SMARTS) is 1. The van der Waals surface area contributed by atoms with Crippen LogP contribution >= 0.6 is 0 Å². The molecule has 4 rings (SSSR count). The lowest BCUT2D eigenvalue weighted by atomic mass is 10.00. The number of aromatic nitrogens is 2. The highest BCUT2D eigenvalue weighted by Gasteiger charge is 2.18. The molecular formula is C24H20N4O5. The molecule has 1 heterocycles. The summed E-state index contributed by atoms with van der Waals surface area (Å²) in [7, 11) is 0. The fourth-order valence-electron chi connectivity index (χ4n) is 3.57. The van der Waals surface area contributed by atoms with Gasteiger partial charge in [-0.3, -0.25) is 4.79 Å². The van der Waals surface area contributed by atoms with Crippen LogP contribution in [0.2, 0.25) is 0 Å². The van der Waals surface area contributed by atoms with Gasteiger partial charge in [0, 0.05) is 11.3 Å². The molecule has 4 aromatic rings. The second kappa shape index (κ2) is 8.83. The molecule has 0 fully saturated rings. The van der Waals surface area contributed by atoms with Crippen LogP contribution in [0.15, 0.2) is 71.5 Å². The fourth-order valence-corrected chi connectivity index (χ4v) is 3.57. The number of carboxylic acids is 1. The largest absolute Gasteiger partial charge is 0.501 e. The number of amides is 2. The predicted octanol–water partition coefficient (Wildman–Crippen LogP) is 3.88. The lowest BCUT2D eigenvalue weighted by molar-refractivity contribution is 0.0686. The maximum Gasteiger partial charge on any atom is 0.358 e. The molecule has 0 saturated carbocycles. The van der Waals surface area contributed by atoms with E-state index in [-0.39, 0.29) is 11.9 Å². The van der Waals surface area contributed by atoms with Gasteiger partial charge in [0.05, 0.1) is 6.04 Å². The zero-order valence-corrected chi connectivity index (χ0v) is 17.5. The number of benzene rings is 3. The zero-order valence-electron chi connectivity index (χ0n) is 17.5. The van der Waals surface area contributed by atoms with Gasteiger partial charge in [-0.1, -0.05) is 54.6 Å². The van der Waals surface area contributed by atoms with Crippen molar-refractivity contribution < 1.29 is 19.8 Å². The number of aromatic carboxylic acids is 1. The first-order valence-corrected chi connectivity index (χ1v) is 10.1. The monoisotopic (exact) mass is 444 g/mol. The number of fused-ring (bicyclic) bond motifs is 1. The van der Waals surface area contributed by atoms with Crippen molar-refractivity contribution in [3.8, 4) is 17.1 Å². The van der Waals surface area contributed by atoms with Crippen LogP contribution in [0.4, 0.5) is 10.5 Å². The van der Waals surface area contributed by atoms with Gasteiger partial charge in [-0.2, -0.15) is 0 Å². The molecule has 3 aromatic carbocycles. The number of urea groups is 1. The lowest BCUT2D eigenvalue weighted by Crippen LogP contribution is -2.31. The Hall–Kier alpha value is -4.66. The Kier molecular flexibility index (Phi) is 5.77. The summed E-state index contributed by atoms with van der Waals surface area (Å²) in [5.74, 6) is -2.55. The van der Waals surface area contributed by atoms with E-state index >= 15 is 0 Å². The van der Waals surface area contributed by atoms with Crippen LogP contribution in [0.25, 0.3) is 22.2 Å². The normalized spacial score (nSPS) is 11.7. The average Bonchev–Trinajstić information content (AvgIpc) is 2.80. The summed E-state index contributed by atoms with van der Waals surface area (Å²) < 4.78 is 0. The Morgan fingerprint density at radius 3 is 2.55 bits per heavy atom. The summed E-state index contributed by atoms with van der Waals surface area (Å²) >= 11 is 0. The molecule has 0 aliphatic rings. The number of aromatic amines is 1. The van der Waals surface area contributed by atoms with Crippen molar-refractivity contribution in [1.82, 2.24) is 15.3 Å². The van der Waals surface area contributed by atoms with Crippen LogP contribution in [-0.2, 0) is 0 Å². The standard InChI is InChI=1S/C24H20N4O5/c1-13(17-11-5-7-14-6-2-3-10-18(14)17)25-24(33)26-16-9-4-8-15(12-16)21-27-19(23(31)32)20(29)22(30)28-21/h2-13,29H,1H3,(H,31,32)(H2,25,26,33)(H,27,28,30). The molecule has 1 atom stereocenters. The SMILES string of the molecule is CC(NC(=O)Nc1cccc(-c2nc(C(=O)O)c(O)c(=O)[nH]2)c1)c1cccc2ccccc12. The van der Waals surface area contributed by atoms with Gasteiger partial charge < -0.3 is 25.8 Å². The minimum absolute atomic E-state index is 0.0524. The smallest absolute Gasteiger partial charge is 0.358 e. The zero-order chi connectivity index (χ0) is 23.5. The Labute approximate surface area is 187 Å². The van der Waals surface area contributed by atoms with Crippen LogP contribution in [0, 0.1) is 0 Å². The topological polar surface area (TPSA) is 144 Å². The number of nitrogens with one attached hydrogen (secondary N) is 3. The van der Waals surface area contributed by atoms with E-state index in [2.05, 4.69) is 20.6 Å². The summed E-state index contributed by atoms with van der Waals surface area (Å²) in [6.45, 7) is 1.89. The molecule has 9 nitrogen and oxygen atoms in total. The number of nitrogens with zero attached hydrogens (tertiary/aromatic N) is 1. The van der Waals surface area contributed by atoms with Crippen LogP contribution < -0.4 is 16.2 Å². The summed E-state index contributed by atoms with van der Waals surface area (Å²) in [6.07, 6.45) is 0. The fraction of sp³-hybridized carbons (Fsp3) is 0.0833. The minimum Gasteiger partial charge on any atom is -0.501 e. The number of aromatic hydroxyl groups is 1. The molecule has 0 aliphatic heterocycles. The van der Waals surface area contributed by atoms with E-state index in [0.717, 1.165) is 16.3 Å². The lowest BCUT2D eigenvalue weighted by Gasteiger charge is -2.17. The summed E-state index contributed by atoms with van der Waals surface area (Å²) in [5.41, 5.74) is 0.00692. The number of rotatable bonds is 5. The summed E-state index contributed by atoms with van der Waals surface area (Å²) in [5, 5.41) is 26.5. The first-order valence-electron chi connectivity index (χ1n) is 10.1. The molecule has 0 saturated heterocycles. The van der Waals surface area contributed by atoms with Crippen molar-refractivity contribution in [3.63, 3.8) is 0 Å². The van der Waals surface area contributed by atoms with Crippen LogP contribution in [0.3, 0.4) is 0 Å². The summed E-state index contributed by atoms with van der Waals surface area (Å²) in [6, 6.07) is 19.5. The number of carbonyl (C=O) groups excluding carboxylic acids is 1. The van der Waals surface area contributed by atoms with E-state index in [1.165, 1.54) is 6.07 Å². The van der Waals surface area contributed by atoms with Gasteiger partial charge in [0.15, 0.2) is 5.69 Å². The molecule has 5 N–H and O–H groups in total. The van der Waals surface area contributed by atoms with Gasteiger partial charge in [-0.25, -0.2) is 14.6 Å². The second-order valence-electron chi connectivity index (χ2n) is 7.39. The van der Waals surface area contributed by atoms with E-state index in [0.29, 0.717) is 11.3 Å². The highest BCUT2D eigenvalue weighted by Crippen LogP contribution is 2.25. The molecule has 0 bridgehead atoms. The molecule has 1 aromatic heterocycles. The molecule has 1 unspecified atom stereocenters. The van der Waals surface area contributed by atoms with Crippen LogP contribution in [0.1, 0.15) is 29.0 Å². The van der Waals surface area contributed by atoms with Crippen molar-refractivity contribution in [1.29, 1.82) is 0 Å². The second-order valence-corrected chi connectivity index (χ2v) is 7.39. The molecule has 0 radical (unpaired) electrons. The van der Waals surface area contributed by atoms with E-state index in [9.17, 15) is 19.5 Å². The molecule has 9 heteroatoms. The molecule has 0 aliphatic carbocycles.